The Labute approximate surface area is 122 Å². The number of carbonyl (C=O) groups excluding carboxylic acids is 1. The van der Waals surface area contributed by atoms with Gasteiger partial charge in [0.15, 0.2) is 11.5 Å². The van der Waals surface area contributed by atoms with Gasteiger partial charge in [0.25, 0.3) is 5.91 Å². The lowest BCUT2D eigenvalue weighted by atomic mass is 10.0. The number of fused-ring (bicyclic) bond motifs is 1. The summed E-state index contributed by atoms with van der Waals surface area (Å²) in [6.45, 7) is 0.744. The van der Waals surface area contributed by atoms with E-state index in [0.29, 0.717) is 23.6 Å². The first-order chi connectivity index (χ1) is 9.72. The Bertz CT molecular complexity index is 514. The fourth-order valence-corrected chi connectivity index (χ4v) is 3.74. The zero-order valence-corrected chi connectivity index (χ0v) is 12.1. The zero-order valence-electron chi connectivity index (χ0n) is 11.3. The van der Waals surface area contributed by atoms with Crippen LogP contribution >= 0.6 is 11.8 Å². The van der Waals surface area contributed by atoms with Crippen LogP contribution in [0.2, 0.25) is 0 Å². The molecule has 0 spiro atoms. The summed E-state index contributed by atoms with van der Waals surface area (Å²) in [5.41, 5.74) is 0.350. The first kappa shape index (κ1) is 13.6. The number of nitrogens with one attached hydrogen (secondary N) is 1. The third-order valence-electron chi connectivity index (χ3n) is 3.71. The Morgan fingerprint density at radius 3 is 3.05 bits per heavy atom. The van der Waals surface area contributed by atoms with Gasteiger partial charge in [-0.25, -0.2) is 0 Å². The molecule has 108 valence electrons. The molecular weight excluding hydrogens is 278 g/mol. The highest BCUT2D eigenvalue weighted by Gasteiger charge is 2.34. The Kier molecular flexibility index (Phi) is 3.76. The van der Waals surface area contributed by atoms with E-state index >= 15 is 0 Å². The van der Waals surface area contributed by atoms with Crippen molar-refractivity contribution in [3.63, 3.8) is 0 Å². The molecule has 1 atom stereocenters. The van der Waals surface area contributed by atoms with Crippen LogP contribution in [0.5, 0.6) is 11.5 Å². The molecule has 0 unspecified atom stereocenters. The molecule has 0 bridgehead atoms. The van der Waals surface area contributed by atoms with Gasteiger partial charge in [0.2, 0.25) is 6.79 Å². The van der Waals surface area contributed by atoms with Crippen molar-refractivity contribution in [2.75, 3.05) is 32.0 Å². The van der Waals surface area contributed by atoms with Crippen LogP contribution in [-0.2, 0) is 4.74 Å². The van der Waals surface area contributed by atoms with Gasteiger partial charge in [-0.1, -0.05) is 0 Å². The zero-order chi connectivity index (χ0) is 14.0. The highest BCUT2D eigenvalue weighted by molar-refractivity contribution is 7.99. The summed E-state index contributed by atoms with van der Waals surface area (Å²) in [6, 6.07) is 5.21. The number of rotatable bonds is 4. The monoisotopic (exact) mass is 295 g/mol. The average Bonchev–Trinajstić information content (AvgIpc) is 3.13. The molecule has 2 heterocycles. The molecule has 3 rings (SSSR count). The van der Waals surface area contributed by atoms with Gasteiger partial charge in [-0.3, -0.25) is 4.79 Å². The highest BCUT2D eigenvalue weighted by atomic mass is 32.2. The third-order valence-corrected chi connectivity index (χ3v) is 4.93. The van der Waals surface area contributed by atoms with E-state index in [2.05, 4.69) is 5.32 Å². The van der Waals surface area contributed by atoms with Crippen molar-refractivity contribution >= 4 is 17.7 Å². The second-order valence-electron chi connectivity index (χ2n) is 4.94. The molecule has 1 aromatic rings. The molecule has 1 N–H and O–H groups in total. The second kappa shape index (κ2) is 5.54. The summed E-state index contributed by atoms with van der Waals surface area (Å²) < 4.78 is 16.1. The van der Waals surface area contributed by atoms with E-state index in [1.165, 1.54) is 0 Å². The van der Waals surface area contributed by atoms with E-state index in [1.807, 2.05) is 11.8 Å². The number of benzene rings is 1. The van der Waals surface area contributed by atoms with E-state index in [9.17, 15) is 4.79 Å². The summed E-state index contributed by atoms with van der Waals surface area (Å²) in [4.78, 5) is 12.2. The van der Waals surface area contributed by atoms with Crippen molar-refractivity contribution in [1.29, 1.82) is 0 Å². The third kappa shape index (κ3) is 2.58. The molecule has 0 saturated carbocycles. The van der Waals surface area contributed by atoms with E-state index in [0.717, 1.165) is 17.9 Å². The minimum Gasteiger partial charge on any atom is -0.454 e. The van der Waals surface area contributed by atoms with Crippen LogP contribution in [0.4, 0.5) is 0 Å². The highest BCUT2D eigenvalue weighted by Crippen LogP contribution is 2.33. The van der Waals surface area contributed by atoms with Gasteiger partial charge in [-0.15, -0.1) is 0 Å². The van der Waals surface area contributed by atoms with E-state index in [-0.39, 0.29) is 18.3 Å². The van der Waals surface area contributed by atoms with Crippen molar-refractivity contribution < 1.29 is 19.0 Å². The van der Waals surface area contributed by atoms with Gasteiger partial charge in [0.05, 0.1) is 5.60 Å². The number of carbonyl (C=O) groups is 1. The summed E-state index contributed by atoms with van der Waals surface area (Å²) in [6.07, 6.45) is 0.968. The van der Waals surface area contributed by atoms with Crippen LogP contribution in [0.15, 0.2) is 18.2 Å². The van der Waals surface area contributed by atoms with Crippen LogP contribution in [0.25, 0.3) is 0 Å². The normalized spacial score (nSPS) is 23.9. The maximum Gasteiger partial charge on any atom is 0.251 e. The topological polar surface area (TPSA) is 56.8 Å². The van der Waals surface area contributed by atoms with Crippen molar-refractivity contribution in [1.82, 2.24) is 5.32 Å². The van der Waals surface area contributed by atoms with Crippen molar-refractivity contribution in [3.8, 4) is 11.5 Å². The lowest BCUT2D eigenvalue weighted by Crippen LogP contribution is -2.44. The first-order valence-corrected chi connectivity index (χ1v) is 7.69. The predicted molar refractivity (Wildman–Crippen MR) is 76.6 cm³/mol. The molecule has 1 aromatic carbocycles. The standard InChI is InChI=1S/C14H17NO4S/c1-17-14(4-5-20-8-14)7-15-13(16)10-2-3-11-12(6-10)19-9-18-11/h2-3,6H,4-5,7-9H2,1H3,(H,15,16)/t14-/m1/s1. The Balaban J connectivity index is 1.64. The van der Waals surface area contributed by atoms with Crippen molar-refractivity contribution in [3.05, 3.63) is 23.8 Å². The summed E-state index contributed by atoms with van der Waals surface area (Å²) in [7, 11) is 1.71. The van der Waals surface area contributed by atoms with Gasteiger partial charge < -0.3 is 19.5 Å². The van der Waals surface area contributed by atoms with Crippen LogP contribution in [0.1, 0.15) is 16.8 Å². The summed E-state index contributed by atoms with van der Waals surface area (Å²) in [5.74, 6) is 3.19. The maximum absolute atomic E-state index is 12.2. The molecule has 0 radical (unpaired) electrons. The molecule has 2 aliphatic heterocycles. The molecule has 0 aliphatic carbocycles. The molecule has 20 heavy (non-hydrogen) atoms. The number of ether oxygens (including phenoxy) is 3. The maximum atomic E-state index is 12.2. The second-order valence-corrected chi connectivity index (χ2v) is 6.05. The Morgan fingerprint density at radius 2 is 2.30 bits per heavy atom. The molecule has 1 amide bonds. The van der Waals surface area contributed by atoms with Crippen LogP contribution in [0.3, 0.4) is 0 Å². The van der Waals surface area contributed by atoms with Gasteiger partial charge in [-0.2, -0.15) is 11.8 Å². The molecule has 1 fully saturated rings. The average molecular weight is 295 g/mol. The van der Waals surface area contributed by atoms with Crippen LogP contribution in [0, 0.1) is 0 Å². The van der Waals surface area contributed by atoms with Crippen LogP contribution in [-0.4, -0.2) is 43.5 Å². The number of hydrogen-bond acceptors (Lipinski definition) is 5. The number of thioether (sulfide) groups is 1. The lowest BCUT2D eigenvalue weighted by molar-refractivity contribution is 0.0137. The van der Waals surface area contributed by atoms with E-state index in [4.69, 9.17) is 14.2 Å². The fraction of sp³-hybridized carbons (Fsp3) is 0.500. The fourth-order valence-electron chi connectivity index (χ4n) is 2.34. The van der Waals surface area contributed by atoms with E-state index in [1.54, 1.807) is 25.3 Å². The smallest absolute Gasteiger partial charge is 0.251 e. The molecule has 2 aliphatic rings. The van der Waals surface area contributed by atoms with Gasteiger partial charge in [0, 0.05) is 25.0 Å². The SMILES string of the molecule is CO[C@@]1(CNC(=O)c2ccc3c(c2)OCO3)CCSC1. The lowest BCUT2D eigenvalue weighted by Gasteiger charge is -2.26. The van der Waals surface area contributed by atoms with Crippen molar-refractivity contribution in [2.45, 2.75) is 12.0 Å². The summed E-state index contributed by atoms with van der Waals surface area (Å²) >= 11 is 1.86. The minimum absolute atomic E-state index is 0.114. The number of hydrogen-bond donors (Lipinski definition) is 1. The first-order valence-electron chi connectivity index (χ1n) is 6.53. The van der Waals surface area contributed by atoms with Gasteiger partial charge >= 0.3 is 0 Å². The van der Waals surface area contributed by atoms with Gasteiger partial charge in [-0.05, 0) is 30.4 Å². The largest absolute Gasteiger partial charge is 0.454 e. The van der Waals surface area contributed by atoms with Crippen LogP contribution < -0.4 is 14.8 Å². The molecule has 0 aromatic heterocycles. The molecular formula is C14H17NO4S. The number of methoxy groups -OCH3 is 1. The predicted octanol–water partition coefficient (Wildman–Crippen LogP) is 1.67. The number of amides is 1. The molecule has 6 heteroatoms. The van der Waals surface area contributed by atoms with E-state index < -0.39 is 0 Å². The van der Waals surface area contributed by atoms with Crippen molar-refractivity contribution in [2.24, 2.45) is 0 Å². The Hall–Kier alpha value is -1.40. The molecule has 5 nitrogen and oxygen atoms in total. The minimum atomic E-state index is -0.226. The van der Waals surface area contributed by atoms with Gasteiger partial charge in [0.1, 0.15) is 0 Å². The quantitative estimate of drug-likeness (QED) is 0.915. The summed E-state index contributed by atoms with van der Waals surface area (Å²) in [5, 5.41) is 2.95. The molecule has 1 saturated heterocycles. The Morgan fingerprint density at radius 1 is 1.45 bits per heavy atom.